The van der Waals surface area contributed by atoms with Crippen molar-refractivity contribution >= 4 is 17.5 Å². The van der Waals surface area contributed by atoms with E-state index in [4.69, 9.17) is 0 Å². The van der Waals surface area contributed by atoms with E-state index in [-0.39, 0.29) is 29.4 Å². The molecule has 1 aromatic carbocycles. The normalized spacial score (nSPS) is 26.2. The Hall–Kier alpha value is -2.10. The molecule has 20 heavy (non-hydrogen) atoms. The Morgan fingerprint density at radius 2 is 1.40 bits per heavy atom. The number of phenolic OH excluding ortho intramolecular Hbond substituents is 1. The minimum Gasteiger partial charge on any atom is -0.508 e. The predicted molar refractivity (Wildman–Crippen MR) is 75.2 cm³/mol. The van der Waals surface area contributed by atoms with Crippen LogP contribution in [-0.4, -0.2) is 16.9 Å². The Kier molecular flexibility index (Phi) is 2.89. The van der Waals surface area contributed by atoms with Gasteiger partial charge in [-0.3, -0.25) is 14.5 Å². The average Bonchev–Trinajstić information content (AvgIpc) is 2.65. The van der Waals surface area contributed by atoms with Gasteiger partial charge in [-0.25, -0.2) is 0 Å². The van der Waals surface area contributed by atoms with Crippen molar-refractivity contribution in [2.24, 2.45) is 11.8 Å². The summed E-state index contributed by atoms with van der Waals surface area (Å²) in [7, 11) is 0. The highest BCUT2D eigenvalue weighted by Crippen LogP contribution is 2.42. The number of anilines is 1. The zero-order valence-corrected chi connectivity index (χ0v) is 11.6. The van der Waals surface area contributed by atoms with Crippen LogP contribution >= 0.6 is 0 Å². The van der Waals surface area contributed by atoms with Gasteiger partial charge in [0.1, 0.15) is 5.75 Å². The van der Waals surface area contributed by atoms with Crippen molar-refractivity contribution in [2.45, 2.75) is 26.7 Å². The summed E-state index contributed by atoms with van der Waals surface area (Å²) in [4.78, 5) is 26.3. The molecule has 0 radical (unpaired) electrons. The Morgan fingerprint density at radius 1 is 0.950 bits per heavy atom. The quantitative estimate of drug-likeness (QED) is 0.631. The van der Waals surface area contributed by atoms with Crippen LogP contribution in [0, 0.1) is 11.8 Å². The van der Waals surface area contributed by atoms with Gasteiger partial charge in [-0.15, -0.1) is 0 Å². The third kappa shape index (κ3) is 1.83. The second-order valence-corrected chi connectivity index (χ2v) is 5.71. The summed E-state index contributed by atoms with van der Waals surface area (Å²) in [6.07, 6.45) is 1.35. The van der Waals surface area contributed by atoms with Gasteiger partial charge in [0.15, 0.2) is 0 Å². The Bertz CT molecular complexity index is 583. The Morgan fingerprint density at radius 3 is 1.85 bits per heavy atom. The summed E-state index contributed by atoms with van der Waals surface area (Å²) in [5.41, 5.74) is 2.99. The lowest BCUT2D eigenvalue weighted by atomic mass is 9.78. The first-order chi connectivity index (χ1) is 9.49. The molecule has 0 bridgehead atoms. The lowest BCUT2D eigenvalue weighted by Crippen LogP contribution is -2.30. The fraction of sp³-hybridized carbons (Fsp3) is 0.375. The maximum Gasteiger partial charge on any atom is 0.238 e. The van der Waals surface area contributed by atoms with Crippen molar-refractivity contribution in [3.63, 3.8) is 0 Å². The van der Waals surface area contributed by atoms with Crippen LogP contribution in [0.25, 0.3) is 0 Å². The van der Waals surface area contributed by atoms with Gasteiger partial charge in [0.25, 0.3) is 0 Å². The number of nitrogens with zero attached hydrogens (tertiary/aromatic N) is 1. The maximum atomic E-state index is 12.5. The monoisotopic (exact) mass is 271 g/mol. The minimum atomic E-state index is -0.222. The largest absolute Gasteiger partial charge is 0.508 e. The van der Waals surface area contributed by atoms with Gasteiger partial charge in [0, 0.05) is 0 Å². The molecule has 0 saturated carbocycles. The van der Waals surface area contributed by atoms with Crippen LogP contribution in [0.5, 0.6) is 5.75 Å². The van der Waals surface area contributed by atoms with E-state index in [0.717, 1.165) is 0 Å². The molecule has 2 amide bonds. The first-order valence-electron chi connectivity index (χ1n) is 6.81. The zero-order chi connectivity index (χ0) is 14.4. The molecule has 0 unspecified atom stereocenters. The van der Waals surface area contributed by atoms with Crippen LogP contribution < -0.4 is 4.90 Å². The third-order valence-corrected chi connectivity index (χ3v) is 4.45. The van der Waals surface area contributed by atoms with Gasteiger partial charge in [-0.2, -0.15) is 0 Å². The molecule has 1 fully saturated rings. The van der Waals surface area contributed by atoms with Gasteiger partial charge >= 0.3 is 0 Å². The van der Waals surface area contributed by atoms with Gasteiger partial charge in [-0.05, 0) is 51.0 Å². The van der Waals surface area contributed by atoms with Crippen LogP contribution in [0.1, 0.15) is 26.7 Å². The molecule has 1 aromatic rings. The average molecular weight is 271 g/mol. The molecule has 0 aromatic heterocycles. The molecule has 2 aliphatic rings. The van der Waals surface area contributed by atoms with Crippen LogP contribution in [-0.2, 0) is 9.59 Å². The van der Waals surface area contributed by atoms with E-state index < -0.39 is 0 Å². The predicted octanol–water partition coefficient (Wildman–Crippen LogP) is 2.63. The number of amides is 2. The number of hydrogen-bond acceptors (Lipinski definition) is 3. The highest BCUT2D eigenvalue weighted by molar-refractivity contribution is 6.22. The second kappa shape index (κ2) is 4.47. The standard InChI is InChI=1S/C16H17NO3/c1-9-7-13-14(8-10(9)2)16(20)17(15(13)19)11-3-5-12(18)6-4-11/h3-6,13-14,18H,7-8H2,1-2H3/t13-,14-/m0/s1. The molecule has 4 heteroatoms. The van der Waals surface area contributed by atoms with E-state index in [1.54, 1.807) is 12.1 Å². The fourth-order valence-corrected chi connectivity index (χ4v) is 3.11. The number of fused-ring (bicyclic) bond motifs is 1. The van der Waals surface area contributed by atoms with E-state index in [1.165, 1.54) is 28.2 Å². The summed E-state index contributed by atoms with van der Waals surface area (Å²) in [5, 5.41) is 9.31. The Labute approximate surface area is 117 Å². The summed E-state index contributed by atoms with van der Waals surface area (Å²) < 4.78 is 0. The Balaban J connectivity index is 1.95. The van der Waals surface area contributed by atoms with Crippen molar-refractivity contribution in [2.75, 3.05) is 4.90 Å². The molecule has 1 aliphatic carbocycles. The van der Waals surface area contributed by atoms with E-state index in [1.807, 2.05) is 13.8 Å². The highest BCUT2D eigenvalue weighted by Gasteiger charge is 2.49. The number of hydrogen-bond donors (Lipinski definition) is 1. The van der Waals surface area contributed by atoms with Crippen molar-refractivity contribution < 1.29 is 14.7 Å². The summed E-state index contributed by atoms with van der Waals surface area (Å²) in [6.45, 7) is 4.07. The van der Waals surface area contributed by atoms with Gasteiger partial charge in [-0.1, -0.05) is 11.1 Å². The number of aromatic hydroxyl groups is 1. The number of carbonyl (C=O) groups is 2. The lowest BCUT2D eigenvalue weighted by Gasteiger charge is -2.23. The molecule has 1 N–H and O–H groups in total. The summed E-state index contributed by atoms with van der Waals surface area (Å²) in [5.74, 6) is -0.547. The lowest BCUT2D eigenvalue weighted by molar-refractivity contribution is -0.122. The molecule has 3 rings (SSSR count). The second-order valence-electron chi connectivity index (χ2n) is 5.71. The molecule has 104 valence electrons. The van der Waals surface area contributed by atoms with E-state index in [9.17, 15) is 14.7 Å². The number of rotatable bonds is 1. The van der Waals surface area contributed by atoms with Gasteiger partial charge < -0.3 is 5.11 Å². The molecule has 4 nitrogen and oxygen atoms in total. The first kappa shape index (κ1) is 12.9. The van der Waals surface area contributed by atoms with Crippen LogP contribution in [0.2, 0.25) is 0 Å². The molecule has 1 saturated heterocycles. The van der Waals surface area contributed by atoms with Crippen LogP contribution in [0.15, 0.2) is 35.4 Å². The van der Waals surface area contributed by atoms with E-state index in [2.05, 4.69) is 0 Å². The van der Waals surface area contributed by atoms with E-state index in [0.29, 0.717) is 18.5 Å². The number of benzene rings is 1. The molecule has 1 heterocycles. The van der Waals surface area contributed by atoms with Gasteiger partial charge in [0.05, 0.1) is 17.5 Å². The highest BCUT2D eigenvalue weighted by atomic mass is 16.3. The van der Waals surface area contributed by atoms with Crippen molar-refractivity contribution in [3.8, 4) is 5.75 Å². The first-order valence-corrected chi connectivity index (χ1v) is 6.81. The van der Waals surface area contributed by atoms with Crippen molar-refractivity contribution in [1.82, 2.24) is 0 Å². The topological polar surface area (TPSA) is 57.6 Å². The molecule has 1 aliphatic heterocycles. The number of imide groups is 1. The molecule has 2 atom stereocenters. The molecule has 0 spiro atoms. The SMILES string of the molecule is CC1=C(C)C[C@@H]2C(=O)N(c3ccc(O)cc3)C(=O)[C@H]2C1. The van der Waals surface area contributed by atoms with Crippen molar-refractivity contribution in [1.29, 1.82) is 0 Å². The molecular formula is C16H17NO3. The van der Waals surface area contributed by atoms with Gasteiger partial charge in [0.2, 0.25) is 11.8 Å². The summed E-state index contributed by atoms with van der Waals surface area (Å²) in [6, 6.07) is 6.20. The number of phenols is 1. The van der Waals surface area contributed by atoms with Crippen LogP contribution in [0.4, 0.5) is 5.69 Å². The van der Waals surface area contributed by atoms with E-state index >= 15 is 0 Å². The van der Waals surface area contributed by atoms with Crippen molar-refractivity contribution in [3.05, 3.63) is 35.4 Å². The number of allylic oxidation sites excluding steroid dienone is 2. The molecular weight excluding hydrogens is 254 g/mol. The third-order valence-electron chi connectivity index (χ3n) is 4.45. The minimum absolute atomic E-state index is 0.113. The number of carbonyl (C=O) groups excluding carboxylic acids is 2. The smallest absolute Gasteiger partial charge is 0.238 e. The zero-order valence-electron chi connectivity index (χ0n) is 11.6. The fourth-order valence-electron chi connectivity index (χ4n) is 3.11. The summed E-state index contributed by atoms with van der Waals surface area (Å²) >= 11 is 0. The van der Waals surface area contributed by atoms with Crippen LogP contribution in [0.3, 0.4) is 0 Å². The maximum absolute atomic E-state index is 12.5.